The van der Waals surface area contributed by atoms with Crippen molar-refractivity contribution < 1.29 is 8.23 Å². The molecule has 3 aromatic heterocycles. The summed E-state index contributed by atoms with van der Waals surface area (Å²) in [6.07, 6.45) is 33.3. The van der Waals surface area contributed by atoms with E-state index < -0.39 is 26.6 Å². The summed E-state index contributed by atoms with van der Waals surface area (Å²) in [4.78, 5) is 36.8. The molecular weight excluding hydrogens is 1050 g/mol. The number of fused-ring (bicyclic) bond motifs is 20. The first-order chi connectivity index (χ1) is 39.9. The largest absolute Gasteiger partial charge is 0.440 e. The van der Waals surface area contributed by atoms with E-state index in [0.717, 1.165) is 43.8 Å². The van der Waals surface area contributed by atoms with Gasteiger partial charge in [0.05, 0.1) is 0 Å². The minimum atomic E-state index is -1.72. The second-order valence-corrected chi connectivity index (χ2v) is 33.7. The number of rotatable bonds is 34. The van der Waals surface area contributed by atoms with Crippen LogP contribution in [0.2, 0.25) is 36.3 Å². The van der Waals surface area contributed by atoms with Gasteiger partial charge in [-0.05, 0) is 36.3 Å². The van der Waals surface area contributed by atoms with E-state index in [1.165, 1.54) is 190 Å². The molecule has 2 N–H and O–H groups in total. The summed E-state index contributed by atoms with van der Waals surface area (Å²) in [6.45, 7) is 14.1. The molecular formula is C68H98N8O2Si3. The van der Waals surface area contributed by atoms with E-state index in [2.05, 4.69) is 51.5 Å². The van der Waals surface area contributed by atoms with Crippen LogP contribution >= 0.6 is 0 Å². The maximum Gasteiger partial charge on any atom is 0.283 e. The molecule has 7 aromatic rings. The van der Waals surface area contributed by atoms with Crippen molar-refractivity contribution in [3.05, 3.63) is 97.1 Å². The first-order valence-corrected chi connectivity index (χ1v) is 38.6. The number of nitrogens with one attached hydrogen (secondary N) is 2. The molecule has 0 aliphatic carbocycles. The molecule has 0 unspecified atom stereocenters. The Morgan fingerprint density at radius 1 is 0.296 bits per heavy atom. The normalized spacial score (nSPS) is 12.2. The Morgan fingerprint density at radius 3 is 0.741 bits per heavy atom. The molecule has 434 valence electrons. The molecule has 8 bridgehead atoms. The van der Waals surface area contributed by atoms with E-state index in [1.807, 2.05) is 97.1 Å². The van der Waals surface area contributed by atoms with Crippen molar-refractivity contribution in [3.8, 4) is 45.6 Å². The van der Waals surface area contributed by atoms with Gasteiger partial charge < -0.3 is 18.2 Å². The molecule has 9 rings (SSSR count). The number of nitrogens with zero attached hydrogens (tertiary/aromatic N) is 6. The van der Waals surface area contributed by atoms with Gasteiger partial charge in [-0.3, -0.25) is 0 Å². The number of hydrogen-bond acceptors (Lipinski definition) is 8. The third-order valence-electron chi connectivity index (χ3n) is 17.1. The van der Waals surface area contributed by atoms with Crippen molar-refractivity contribution in [2.24, 2.45) is 0 Å². The zero-order valence-electron chi connectivity index (χ0n) is 50.7. The monoisotopic (exact) mass is 1140 g/mol. The SMILES string of the molecule is CCCCCC[Si](CCCCCC)(CCCCCC)O[SiH2]O[Si](CCCCCC)(CCCCCC)CCCCCC.c1ccc2c(c1)-c1nc-2nc2[nH]c(nc3nc(nc4[nH]c(n1)c1ccccc41)-c1ccccc1-3)c1ccccc21. The van der Waals surface area contributed by atoms with Gasteiger partial charge in [-0.2, -0.15) is 0 Å². The number of aromatic amines is 2. The Bertz CT molecular complexity index is 2770. The highest BCUT2D eigenvalue weighted by molar-refractivity contribution is 6.80. The highest BCUT2D eigenvalue weighted by Crippen LogP contribution is 2.38. The molecule has 0 atom stereocenters. The zero-order chi connectivity index (χ0) is 56.5. The average molecular weight is 1140 g/mol. The van der Waals surface area contributed by atoms with Crippen molar-refractivity contribution in [1.82, 2.24) is 39.9 Å². The average Bonchev–Trinajstić information content (AvgIpc) is 4.34. The summed E-state index contributed by atoms with van der Waals surface area (Å²) in [5, 5.41) is 3.82. The lowest BCUT2D eigenvalue weighted by Crippen LogP contribution is -2.45. The molecule has 2 aliphatic rings. The number of benzene rings is 4. The highest BCUT2D eigenvalue weighted by Gasteiger charge is 2.37. The third kappa shape index (κ3) is 17.0. The second-order valence-electron chi connectivity index (χ2n) is 23.4. The van der Waals surface area contributed by atoms with E-state index in [9.17, 15) is 0 Å². The lowest BCUT2D eigenvalue weighted by molar-refractivity contribution is 0.418. The van der Waals surface area contributed by atoms with Crippen LogP contribution in [-0.2, 0) is 8.23 Å². The van der Waals surface area contributed by atoms with Gasteiger partial charge in [0.1, 0.15) is 22.6 Å². The molecule has 4 aromatic carbocycles. The summed E-state index contributed by atoms with van der Waals surface area (Å²) in [5.41, 5.74) is 6.45. The summed E-state index contributed by atoms with van der Waals surface area (Å²) in [6, 6.07) is 40.7. The maximum absolute atomic E-state index is 7.40. The van der Waals surface area contributed by atoms with Crippen LogP contribution < -0.4 is 0 Å². The van der Waals surface area contributed by atoms with Crippen LogP contribution in [0.25, 0.3) is 89.7 Å². The maximum atomic E-state index is 7.40. The molecule has 0 saturated heterocycles. The van der Waals surface area contributed by atoms with Crippen LogP contribution in [0.5, 0.6) is 0 Å². The second kappa shape index (κ2) is 32.6. The number of unbranched alkanes of at least 4 members (excludes halogenated alkanes) is 18. The Labute approximate surface area is 490 Å². The Kier molecular flexibility index (Phi) is 24.9. The van der Waals surface area contributed by atoms with Crippen LogP contribution in [0.1, 0.15) is 196 Å². The minimum Gasteiger partial charge on any atom is -0.440 e. The van der Waals surface area contributed by atoms with E-state index in [0.29, 0.717) is 45.9 Å². The van der Waals surface area contributed by atoms with Gasteiger partial charge in [-0.25, -0.2) is 29.9 Å². The minimum absolute atomic E-state index is 0.597. The molecule has 13 heteroatoms. The first kappa shape index (κ1) is 61.9. The molecule has 5 heterocycles. The van der Waals surface area contributed by atoms with Crippen molar-refractivity contribution in [3.63, 3.8) is 0 Å². The van der Waals surface area contributed by atoms with Gasteiger partial charge in [0.15, 0.2) is 39.9 Å². The molecule has 0 radical (unpaired) electrons. The smallest absolute Gasteiger partial charge is 0.283 e. The standard InChI is InChI=1S/C36H80O2Si3.C32H18N8/c1-7-13-19-25-31-40(32-26-20-14-8-2,33-27-21-15-9-3)37-39-38-41(34-28-22-16-10-4,35-29-23-17-11-5)36-30-24-18-12-6;1-2-10-18-17(9-1)25-33-26(18)38-28-21-13-5-6-14-22(21)30(35-28)40-32-24-16-8-7-15-23(24)31(36-32)39-29-20-12-4-3-11-19(20)27(34-29)37-25/h7-36,39H2,1-6H3;1-16H,(H2,33,34,35,36,37,38,39,40). The van der Waals surface area contributed by atoms with Gasteiger partial charge in [0.25, 0.3) is 10.0 Å². The molecule has 0 saturated carbocycles. The van der Waals surface area contributed by atoms with Crippen molar-refractivity contribution in [1.29, 1.82) is 0 Å². The van der Waals surface area contributed by atoms with Gasteiger partial charge in [-0.1, -0.05) is 293 Å². The van der Waals surface area contributed by atoms with Gasteiger partial charge in [-0.15, -0.1) is 0 Å². The van der Waals surface area contributed by atoms with Gasteiger partial charge in [0.2, 0.25) is 0 Å². The quantitative estimate of drug-likeness (QED) is 0.0302. The molecule has 81 heavy (non-hydrogen) atoms. The van der Waals surface area contributed by atoms with Crippen LogP contribution in [0, 0.1) is 0 Å². The van der Waals surface area contributed by atoms with Crippen LogP contribution in [0.4, 0.5) is 0 Å². The topological polar surface area (TPSA) is 127 Å². The van der Waals surface area contributed by atoms with E-state index >= 15 is 0 Å². The number of aromatic nitrogens is 8. The summed E-state index contributed by atoms with van der Waals surface area (Å²) < 4.78 is 14.8. The van der Waals surface area contributed by atoms with Crippen LogP contribution in [0.15, 0.2) is 97.1 Å². The fourth-order valence-electron chi connectivity index (χ4n) is 12.3. The van der Waals surface area contributed by atoms with Gasteiger partial charge >= 0.3 is 0 Å². The fraction of sp³-hybridized carbons (Fsp3) is 0.529. The zero-order valence-corrected chi connectivity index (χ0v) is 54.1. The van der Waals surface area contributed by atoms with E-state index in [4.69, 9.17) is 38.1 Å². The van der Waals surface area contributed by atoms with Gasteiger partial charge in [0, 0.05) is 43.8 Å². The highest BCUT2D eigenvalue weighted by atomic mass is 28.4. The summed E-state index contributed by atoms with van der Waals surface area (Å²) in [7, 11) is -4.35. The van der Waals surface area contributed by atoms with Crippen LogP contribution in [-0.4, -0.2) is 66.5 Å². The third-order valence-corrected chi connectivity index (χ3v) is 30.5. The van der Waals surface area contributed by atoms with E-state index in [-0.39, 0.29) is 0 Å². The van der Waals surface area contributed by atoms with Crippen molar-refractivity contribution in [2.75, 3.05) is 0 Å². The lowest BCUT2D eigenvalue weighted by Gasteiger charge is -2.37. The molecule has 10 nitrogen and oxygen atoms in total. The Hall–Kier alpha value is -5.19. The molecule has 0 spiro atoms. The first-order valence-electron chi connectivity index (χ1n) is 32.3. The lowest BCUT2D eigenvalue weighted by atomic mass is 10.1. The summed E-state index contributed by atoms with van der Waals surface area (Å²) in [5.74, 6) is 2.39. The fourth-order valence-corrected chi connectivity index (χ4v) is 25.4. The Morgan fingerprint density at radius 2 is 0.519 bits per heavy atom. The number of hydrogen-bond donors (Lipinski definition) is 2. The number of H-pyrrole nitrogens is 2. The predicted octanol–water partition coefficient (Wildman–Crippen LogP) is 20.3. The van der Waals surface area contributed by atoms with Crippen molar-refractivity contribution >= 4 is 70.8 Å². The van der Waals surface area contributed by atoms with Crippen LogP contribution in [0.3, 0.4) is 0 Å². The van der Waals surface area contributed by atoms with E-state index in [1.54, 1.807) is 0 Å². The predicted molar refractivity (Wildman–Crippen MR) is 352 cm³/mol. The Balaban J connectivity index is 0.000000212. The molecule has 0 fully saturated rings. The van der Waals surface area contributed by atoms with Crippen molar-refractivity contribution in [2.45, 2.75) is 232 Å². The molecule has 2 aliphatic heterocycles. The summed E-state index contributed by atoms with van der Waals surface area (Å²) >= 11 is 0. The molecule has 0 amide bonds.